The third kappa shape index (κ3) is 7.63. The molecule has 1 aliphatic rings. The molecule has 9 nitrogen and oxygen atoms in total. The first-order chi connectivity index (χ1) is 18.4. The zero-order chi connectivity index (χ0) is 28.8. The number of nitrogens with zero attached hydrogens (tertiary/aromatic N) is 2. The molecule has 0 saturated carbocycles. The van der Waals surface area contributed by atoms with Crippen LogP contribution in [0.3, 0.4) is 0 Å². The summed E-state index contributed by atoms with van der Waals surface area (Å²) in [5, 5.41) is 5.77. The van der Waals surface area contributed by atoms with Crippen LogP contribution in [0.1, 0.15) is 46.1 Å². The van der Waals surface area contributed by atoms with E-state index in [9.17, 15) is 22.4 Å². The van der Waals surface area contributed by atoms with Gasteiger partial charge in [0.25, 0.3) is 10.2 Å². The molecular weight excluding hydrogens is 521 g/mol. The van der Waals surface area contributed by atoms with Crippen molar-refractivity contribution in [2.45, 2.75) is 64.6 Å². The van der Waals surface area contributed by atoms with Gasteiger partial charge in [-0.15, -0.1) is 0 Å². The Morgan fingerprint density at radius 2 is 1.72 bits per heavy atom. The van der Waals surface area contributed by atoms with E-state index in [-0.39, 0.29) is 18.9 Å². The Labute approximate surface area is 231 Å². The number of carbonyl (C=O) groups is 2. The highest BCUT2D eigenvalue weighted by Gasteiger charge is 2.48. The molecule has 0 aromatic heterocycles. The lowest BCUT2D eigenvalue weighted by Gasteiger charge is -2.36. The zero-order valence-electron chi connectivity index (χ0n) is 23.1. The Bertz CT molecular complexity index is 1220. The summed E-state index contributed by atoms with van der Waals surface area (Å²) in [6.07, 6.45) is 1.35. The van der Waals surface area contributed by atoms with Crippen LogP contribution in [0.2, 0.25) is 0 Å². The quantitative estimate of drug-likeness (QED) is 0.368. The number of benzene rings is 2. The van der Waals surface area contributed by atoms with Crippen LogP contribution >= 0.6 is 0 Å². The van der Waals surface area contributed by atoms with Crippen molar-refractivity contribution in [2.75, 3.05) is 25.0 Å². The third-order valence-electron chi connectivity index (χ3n) is 7.13. The molecule has 214 valence electrons. The number of amides is 2. The number of hydrogen-bond acceptors (Lipinski definition) is 5. The predicted octanol–water partition coefficient (Wildman–Crippen LogP) is 2.90. The molecule has 3 rings (SSSR count). The molecule has 1 aliphatic heterocycles. The first-order valence-electron chi connectivity index (χ1n) is 13.3. The fourth-order valence-corrected chi connectivity index (χ4v) is 6.71. The second-order valence-corrected chi connectivity index (χ2v) is 12.5. The van der Waals surface area contributed by atoms with Crippen LogP contribution in [-0.4, -0.2) is 66.1 Å². The van der Waals surface area contributed by atoms with Crippen LogP contribution in [0.5, 0.6) is 0 Å². The molecule has 2 aromatic rings. The maximum absolute atomic E-state index is 13.6. The normalized spacial score (nSPS) is 18.3. The van der Waals surface area contributed by atoms with Crippen LogP contribution in [0, 0.1) is 11.7 Å². The number of nitrogens with one attached hydrogen (secondary N) is 2. The maximum atomic E-state index is 13.6. The Morgan fingerprint density at radius 1 is 1.08 bits per heavy atom. The van der Waals surface area contributed by atoms with Gasteiger partial charge < -0.3 is 16.4 Å². The van der Waals surface area contributed by atoms with E-state index in [4.69, 9.17) is 5.73 Å². The predicted molar refractivity (Wildman–Crippen MR) is 150 cm³/mol. The Morgan fingerprint density at radius 3 is 2.33 bits per heavy atom. The molecule has 0 spiro atoms. The lowest BCUT2D eigenvalue weighted by Crippen LogP contribution is -2.60. The summed E-state index contributed by atoms with van der Waals surface area (Å²) in [6.45, 7) is 7.79. The average molecular weight is 562 g/mol. The van der Waals surface area contributed by atoms with Crippen LogP contribution in [0.25, 0.3) is 0 Å². The van der Waals surface area contributed by atoms with E-state index in [2.05, 4.69) is 10.6 Å². The van der Waals surface area contributed by atoms with Gasteiger partial charge >= 0.3 is 0 Å². The Balaban J connectivity index is 1.74. The van der Waals surface area contributed by atoms with Crippen LogP contribution in [0.4, 0.5) is 10.1 Å². The molecule has 0 bridgehead atoms. The zero-order valence-corrected chi connectivity index (χ0v) is 23.9. The van der Waals surface area contributed by atoms with E-state index in [0.29, 0.717) is 31.6 Å². The maximum Gasteiger partial charge on any atom is 0.283 e. The molecule has 39 heavy (non-hydrogen) atoms. The van der Waals surface area contributed by atoms with E-state index in [1.54, 1.807) is 20.8 Å². The van der Waals surface area contributed by atoms with Crippen molar-refractivity contribution in [3.63, 3.8) is 0 Å². The Kier molecular flexibility index (Phi) is 10.2. The fourth-order valence-electron chi connectivity index (χ4n) is 4.73. The van der Waals surface area contributed by atoms with Crippen molar-refractivity contribution >= 4 is 27.7 Å². The molecular formula is C28H40FN5O4S. The molecule has 2 amide bonds. The summed E-state index contributed by atoms with van der Waals surface area (Å²) in [6, 6.07) is 13.9. The van der Waals surface area contributed by atoms with Crippen LogP contribution < -0.4 is 16.4 Å². The Hall–Kier alpha value is -2.86. The standard InChI is InChI=1S/C28H40FN5O4S/c1-5-15-33-16-17-34(39(33,37)38)28(3,4)27(36)32-25(19-21-9-7-6-8-10-21)24(30)18-20(2)26(35)31-23-13-11-22(29)12-14-23/h6-14,20,24-25H,5,15-19,30H2,1-4H3,(H,31,35)(H,32,36)/t20-,24+,25+/m1/s1. The van der Waals surface area contributed by atoms with Crippen molar-refractivity contribution < 1.29 is 22.4 Å². The van der Waals surface area contributed by atoms with E-state index in [1.807, 2.05) is 37.3 Å². The number of hydrogen-bond donors (Lipinski definition) is 3. The van der Waals surface area contributed by atoms with Gasteiger partial charge in [0.2, 0.25) is 11.8 Å². The smallest absolute Gasteiger partial charge is 0.283 e. The molecule has 0 aliphatic carbocycles. The number of nitrogens with two attached hydrogens (primary N) is 1. The van der Waals surface area contributed by atoms with Gasteiger partial charge in [-0.3, -0.25) is 9.59 Å². The topological polar surface area (TPSA) is 125 Å². The van der Waals surface area contributed by atoms with E-state index in [0.717, 1.165) is 5.56 Å². The van der Waals surface area contributed by atoms with Crippen molar-refractivity contribution in [1.29, 1.82) is 0 Å². The van der Waals surface area contributed by atoms with Gasteiger partial charge in [0.15, 0.2) is 0 Å². The van der Waals surface area contributed by atoms with E-state index < -0.39 is 45.5 Å². The monoisotopic (exact) mass is 561 g/mol. The molecule has 11 heteroatoms. The summed E-state index contributed by atoms with van der Waals surface area (Å²) in [4.78, 5) is 26.4. The summed E-state index contributed by atoms with van der Waals surface area (Å²) in [5.41, 5.74) is 6.67. The van der Waals surface area contributed by atoms with E-state index >= 15 is 0 Å². The summed E-state index contributed by atoms with van der Waals surface area (Å²) >= 11 is 0. The molecule has 2 aromatic carbocycles. The van der Waals surface area contributed by atoms with Gasteiger partial charge in [0.1, 0.15) is 11.4 Å². The lowest BCUT2D eigenvalue weighted by molar-refractivity contribution is -0.129. The van der Waals surface area contributed by atoms with Gasteiger partial charge in [0.05, 0.1) is 0 Å². The second-order valence-electron chi connectivity index (χ2n) is 10.6. The summed E-state index contributed by atoms with van der Waals surface area (Å²) in [7, 11) is -3.77. The minimum Gasteiger partial charge on any atom is -0.350 e. The molecule has 0 radical (unpaired) electrons. The molecule has 1 heterocycles. The van der Waals surface area contributed by atoms with Crippen LogP contribution in [-0.2, 0) is 26.2 Å². The van der Waals surface area contributed by atoms with Crippen molar-refractivity contribution in [2.24, 2.45) is 11.7 Å². The number of anilines is 1. The second kappa shape index (κ2) is 13.0. The fraction of sp³-hybridized carbons (Fsp3) is 0.500. The first-order valence-corrected chi connectivity index (χ1v) is 14.7. The molecule has 1 fully saturated rings. The van der Waals surface area contributed by atoms with Gasteiger partial charge in [0, 0.05) is 43.3 Å². The largest absolute Gasteiger partial charge is 0.350 e. The van der Waals surface area contributed by atoms with Crippen molar-refractivity contribution in [3.8, 4) is 0 Å². The van der Waals surface area contributed by atoms with Crippen molar-refractivity contribution in [1.82, 2.24) is 13.9 Å². The third-order valence-corrected chi connectivity index (χ3v) is 9.34. The van der Waals surface area contributed by atoms with Gasteiger partial charge in [-0.05, 0) is 62.9 Å². The molecule has 1 saturated heterocycles. The SMILES string of the molecule is CCCN1CCN(C(C)(C)C(=O)N[C@@H](Cc2ccccc2)[C@@H](N)C[C@@H](C)C(=O)Nc2ccc(F)cc2)S1(=O)=O. The number of rotatable bonds is 12. The molecule has 0 unspecified atom stereocenters. The highest BCUT2D eigenvalue weighted by molar-refractivity contribution is 7.87. The average Bonchev–Trinajstić information content (AvgIpc) is 3.19. The minimum atomic E-state index is -3.77. The van der Waals surface area contributed by atoms with Crippen LogP contribution in [0.15, 0.2) is 54.6 Å². The molecule has 4 N–H and O–H groups in total. The number of carbonyl (C=O) groups excluding carboxylic acids is 2. The first kappa shape index (κ1) is 30.7. The minimum absolute atomic E-state index is 0.221. The molecule has 3 atom stereocenters. The summed E-state index contributed by atoms with van der Waals surface area (Å²) < 4.78 is 42.1. The van der Waals surface area contributed by atoms with Gasteiger partial charge in [-0.25, -0.2) is 4.39 Å². The lowest BCUT2D eigenvalue weighted by atomic mass is 9.91. The van der Waals surface area contributed by atoms with Gasteiger partial charge in [-0.2, -0.15) is 17.0 Å². The highest BCUT2D eigenvalue weighted by atomic mass is 32.2. The van der Waals surface area contributed by atoms with Gasteiger partial charge in [-0.1, -0.05) is 44.2 Å². The number of halogens is 1. The highest BCUT2D eigenvalue weighted by Crippen LogP contribution is 2.27. The summed E-state index contributed by atoms with van der Waals surface area (Å²) in [5.74, 6) is -1.63. The van der Waals surface area contributed by atoms with E-state index in [1.165, 1.54) is 32.9 Å². The van der Waals surface area contributed by atoms with Crippen molar-refractivity contribution in [3.05, 3.63) is 66.0 Å².